The predicted molar refractivity (Wildman–Crippen MR) is 78.3 cm³/mol. The molecule has 114 valence electrons. The third-order valence-electron chi connectivity index (χ3n) is 3.22. The zero-order valence-corrected chi connectivity index (χ0v) is 12.1. The second kappa shape index (κ2) is 7.64. The fraction of sp³-hybridized carbons (Fsp3) is 0.467. The van der Waals surface area contributed by atoms with Gasteiger partial charge in [-0.15, -0.1) is 0 Å². The van der Waals surface area contributed by atoms with Gasteiger partial charge < -0.3 is 19.7 Å². The number of morpholine rings is 1. The van der Waals surface area contributed by atoms with Crippen LogP contribution >= 0.6 is 0 Å². The molecule has 0 bridgehead atoms. The van der Waals surface area contributed by atoms with Crippen molar-refractivity contribution >= 4 is 17.6 Å². The van der Waals surface area contributed by atoms with Crippen LogP contribution in [0.3, 0.4) is 0 Å². The SMILES string of the molecule is CCOC(=O)c1ccccc1NCC(=O)N1CCOCC1. The summed E-state index contributed by atoms with van der Waals surface area (Å²) in [5, 5.41) is 3.02. The van der Waals surface area contributed by atoms with E-state index < -0.39 is 0 Å². The van der Waals surface area contributed by atoms with Crippen molar-refractivity contribution in [3.63, 3.8) is 0 Å². The molecule has 0 saturated carbocycles. The van der Waals surface area contributed by atoms with Crippen LogP contribution in [0.1, 0.15) is 17.3 Å². The fourth-order valence-corrected chi connectivity index (χ4v) is 2.12. The largest absolute Gasteiger partial charge is 0.462 e. The van der Waals surface area contributed by atoms with Gasteiger partial charge in [0.1, 0.15) is 0 Å². The number of rotatable bonds is 5. The highest BCUT2D eigenvalue weighted by molar-refractivity contribution is 5.96. The molecule has 6 heteroatoms. The Bertz CT molecular complexity index is 498. The molecule has 1 heterocycles. The monoisotopic (exact) mass is 292 g/mol. The number of para-hydroxylation sites is 1. The molecule has 1 N–H and O–H groups in total. The van der Waals surface area contributed by atoms with Crippen LogP contribution in [0.2, 0.25) is 0 Å². The topological polar surface area (TPSA) is 67.9 Å². The van der Waals surface area contributed by atoms with Crippen molar-refractivity contribution in [1.82, 2.24) is 4.90 Å². The second-order valence-electron chi connectivity index (χ2n) is 4.61. The fourth-order valence-electron chi connectivity index (χ4n) is 2.12. The number of carbonyl (C=O) groups is 2. The molecule has 1 amide bonds. The molecule has 1 aromatic carbocycles. The highest BCUT2D eigenvalue weighted by atomic mass is 16.5. The molecular formula is C15H20N2O4. The lowest BCUT2D eigenvalue weighted by Crippen LogP contribution is -2.43. The first kappa shape index (κ1) is 15.3. The lowest BCUT2D eigenvalue weighted by molar-refractivity contribution is -0.133. The van der Waals surface area contributed by atoms with E-state index >= 15 is 0 Å². The summed E-state index contributed by atoms with van der Waals surface area (Å²) in [7, 11) is 0. The molecule has 0 radical (unpaired) electrons. The first-order valence-corrected chi connectivity index (χ1v) is 7.08. The lowest BCUT2D eigenvalue weighted by atomic mass is 10.2. The minimum absolute atomic E-state index is 0.00281. The average molecular weight is 292 g/mol. The second-order valence-corrected chi connectivity index (χ2v) is 4.61. The molecule has 1 aliphatic heterocycles. The van der Waals surface area contributed by atoms with Crippen LogP contribution in [0, 0.1) is 0 Å². The van der Waals surface area contributed by atoms with Crippen LogP contribution in [0.25, 0.3) is 0 Å². The standard InChI is InChI=1S/C15H20N2O4/c1-2-21-15(19)12-5-3-4-6-13(12)16-11-14(18)17-7-9-20-10-8-17/h3-6,16H,2,7-11H2,1H3. The summed E-state index contributed by atoms with van der Waals surface area (Å²) >= 11 is 0. The summed E-state index contributed by atoms with van der Waals surface area (Å²) in [5.41, 5.74) is 1.05. The van der Waals surface area contributed by atoms with Gasteiger partial charge in [0.2, 0.25) is 5.91 Å². The van der Waals surface area contributed by atoms with E-state index in [2.05, 4.69) is 5.32 Å². The van der Waals surface area contributed by atoms with E-state index in [1.807, 2.05) is 6.07 Å². The molecule has 1 aromatic rings. The van der Waals surface area contributed by atoms with Crippen LogP contribution in [0.5, 0.6) is 0 Å². The number of benzene rings is 1. The van der Waals surface area contributed by atoms with Crippen molar-refractivity contribution in [3.05, 3.63) is 29.8 Å². The van der Waals surface area contributed by atoms with Crippen molar-refractivity contribution < 1.29 is 19.1 Å². The van der Waals surface area contributed by atoms with Gasteiger partial charge in [0.05, 0.1) is 31.9 Å². The molecule has 6 nitrogen and oxygen atoms in total. The maximum atomic E-state index is 12.1. The Balaban J connectivity index is 1.96. The summed E-state index contributed by atoms with van der Waals surface area (Å²) in [6.45, 7) is 4.60. The molecule has 0 spiro atoms. The van der Waals surface area contributed by atoms with Gasteiger partial charge >= 0.3 is 5.97 Å². The van der Waals surface area contributed by atoms with E-state index in [0.29, 0.717) is 44.2 Å². The number of esters is 1. The molecule has 21 heavy (non-hydrogen) atoms. The number of ether oxygens (including phenoxy) is 2. The van der Waals surface area contributed by atoms with E-state index in [1.54, 1.807) is 30.0 Å². The predicted octanol–water partition coefficient (Wildman–Crippen LogP) is 1.13. The quantitative estimate of drug-likeness (QED) is 0.824. The van der Waals surface area contributed by atoms with Crippen molar-refractivity contribution in [2.24, 2.45) is 0 Å². The Morgan fingerprint density at radius 1 is 1.29 bits per heavy atom. The van der Waals surface area contributed by atoms with E-state index in [0.717, 1.165) is 0 Å². The molecule has 0 aromatic heterocycles. The van der Waals surface area contributed by atoms with Gasteiger partial charge in [-0.1, -0.05) is 12.1 Å². The van der Waals surface area contributed by atoms with Gasteiger partial charge in [0.15, 0.2) is 0 Å². The van der Waals surface area contributed by atoms with Gasteiger partial charge in [-0.3, -0.25) is 4.79 Å². The zero-order chi connectivity index (χ0) is 15.1. The summed E-state index contributed by atoms with van der Waals surface area (Å²) < 4.78 is 10.2. The summed E-state index contributed by atoms with van der Waals surface area (Å²) in [4.78, 5) is 25.7. The Kier molecular flexibility index (Phi) is 5.57. The number of anilines is 1. The molecule has 0 atom stereocenters. The summed E-state index contributed by atoms with van der Waals surface area (Å²) in [6, 6.07) is 7.02. The highest BCUT2D eigenvalue weighted by Gasteiger charge is 2.17. The Morgan fingerprint density at radius 3 is 2.71 bits per heavy atom. The maximum Gasteiger partial charge on any atom is 0.340 e. The lowest BCUT2D eigenvalue weighted by Gasteiger charge is -2.27. The molecular weight excluding hydrogens is 272 g/mol. The molecule has 1 saturated heterocycles. The van der Waals surface area contributed by atoms with Crippen LogP contribution in [-0.2, 0) is 14.3 Å². The van der Waals surface area contributed by atoms with Gasteiger partial charge in [-0.05, 0) is 19.1 Å². The van der Waals surface area contributed by atoms with Crippen LogP contribution in [0.4, 0.5) is 5.69 Å². The van der Waals surface area contributed by atoms with Crippen molar-refractivity contribution in [2.75, 3.05) is 44.8 Å². The van der Waals surface area contributed by atoms with Gasteiger partial charge in [-0.25, -0.2) is 4.79 Å². The first-order chi connectivity index (χ1) is 10.2. The van der Waals surface area contributed by atoms with Gasteiger partial charge in [0.25, 0.3) is 0 Å². The van der Waals surface area contributed by atoms with Gasteiger partial charge in [-0.2, -0.15) is 0 Å². The molecule has 2 rings (SSSR count). The number of hydrogen-bond donors (Lipinski definition) is 1. The molecule has 0 aliphatic carbocycles. The smallest absolute Gasteiger partial charge is 0.340 e. The summed E-state index contributed by atoms with van der Waals surface area (Å²) in [6.07, 6.45) is 0. The third kappa shape index (κ3) is 4.19. The van der Waals surface area contributed by atoms with E-state index in [1.165, 1.54) is 0 Å². The third-order valence-corrected chi connectivity index (χ3v) is 3.22. The Labute approximate surface area is 124 Å². The number of carbonyl (C=O) groups excluding carboxylic acids is 2. The van der Waals surface area contributed by atoms with Crippen LogP contribution < -0.4 is 5.32 Å². The highest BCUT2D eigenvalue weighted by Crippen LogP contribution is 2.16. The van der Waals surface area contributed by atoms with Crippen molar-refractivity contribution in [1.29, 1.82) is 0 Å². The normalized spacial score (nSPS) is 14.6. The average Bonchev–Trinajstić information content (AvgIpc) is 2.54. The minimum atomic E-state index is -0.389. The van der Waals surface area contributed by atoms with Crippen LogP contribution in [-0.4, -0.2) is 56.2 Å². The minimum Gasteiger partial charge on any atom is -0.462 e. The number of amides is 1. The zero-order valence-electron chi connectivity index (χ0n) is 12.1. The van der Waals surface area contributed by atoms with E-state index in [-0.39, 0.29) is 18.4 Å². The van der Waals surface area contributed by atoms with Crippen molar-refractivity contribution in [2.45, 2.75) is 6.92 Å². The maximum absolute atomic E-state index is 12.1. The summed E-state index contributed by atoms with van der Waals surface area (Å²) in [5.74, 6) is -0.392. The number of nitrogens with one attached hydrogen (secondary N) is 1. The van der Waals surface area contributed by atoms with E-state index in [9.17, 15) is 9.59 Å². The van der Waals surface area contributed by atoms with E-state index in [4.69, 9.17) is 9.47 Å². The molecule has 1 aliphatic rings. The molecule has 0 unspecified atom stereocenters. The Hall–Kier alpha value is -2.08. The van der Waals surface area contributed by atoms with Gasteiger partial charge in [0, 0.05) is 18.8 Å². The Morgan fingerprint density at radius 2 is 2.00 bits per heavy atom. The first-order valence-electron chi connectivity index (χ1n) is 7.08. The molecule has 1 fully saturated rings. The number of nitrogens with zero attached hydrogens (tertiary/aromatic N) is 1. The number of hydrogen-bond acceptors (Lipinski definition) is 5. The van der Waals surface area contributed by atoms with Crippen molar-refractivity contribution in [3.8, 4) is 0 Å². The van der Waals surface area contributed by atoms with Crippen LogP contribution in [0.15, 0.2) is 24.3 Å².